The standard InChI is InChI=1S/C14H10F2N2/c15-11-2-4-12(5-3-11)18-14-9-10(7-8-17)1-6-13(14)16/h1-6,9,18H,7H2. The molecule has 0 amide bonds. The second-order valence-corrected chi connectivity index (χ2v) is 3.78. The first-order valence-electron chi connectivity index (χ1n) is 5.37. The SMILES string of the molecule is N#CCc1ccc(F)c(Nc2ccc(F)cc2)c1. The van der Waals surface area contributed by atoms with Crippen molar-refractivity contribution in [2.24, 2.45) is 0 Å². The molecular weight excluding hydrogens is 234 g/mol. The Labute approximate surface area is 103 Å². The second kappa shape index (κ2) is 5.28. The molecule has 0 aliphatic rings. The molecular formula is C14H10F2N2. The van der Waals surface area contributed by atoms with E-state index < -0.39 is 5.82 Å². The van der Waals surface area contributed by atoms with Crippen LogP contribution in [0, 0.1) is 23.0 Å². The van der Waals surface area contributed by atoms with Crippen LogP contribution in [0.2, 0.25) is 0 Å². The summed E-state index contributed by atoms with van der Waals surface area (Å²) in [6.07, 6.45) is 0.221. The third kappa shape index (κ3) is 2.83. The van der Waals surface area contributed by atoms with Gasteiger partial charge in [0.05, 0.1) is 18.2 Å². The molecule has 90 valence electrons. The Morgan fingerprint density at radius 2 is 1.78 bits per heavy atom. The molecule has 0 atom stereocenters. The molecule has 0 saturated carbocycles. The molecule has 2 nitrogen and oxygen atoms in total. The van der Waals surface area contributed by atoms with E-state index in [9.17, 15) is 8.78 Å². The summed E-state index contributed by atoms with van der Waals surface area (Å²) in [5.74, 6) is -0.764. The molecule has 0 spiro atoms. The Hall–Kier alpha value is -2.41. The van der Waals surface area contributed by atoms with Gasteiger partial charge in [-0.25, -0.2) is 8.78 Å². The minimum Gasteiger partial charge on any atom is -0.353 e. The summed E-state index contributed by atoms with van der Waals surface area (Å²) in [5.41, 5.74) is 1.59. The van der Waals surface area contributed by atoms with Crippen LogP contribution in [0.4, 0.5) is 20.2 Å². The summed E-state index contributed by atoms with van der Waals surface area (Å²) in [6, 6.07) is 12.1. The summed E-state index contributed by atoms with van der Waals surface area (Å²) in [4.78, 5) is 0. The zero-order valence-corrected chi connectivity index (χ0v) is 9.45. The molecule has 0 aromatic heterocycles. The van der Waals surface area contributed by atoms with Crippen LogP contribution in [0.5, 0.6) is 0 Å². The zero-order valence-electron chi connectivity index (χ0n) is 9.45. The Morgan fingerprint density at radius 1 is 1.06 bits per heavy atom. The number of hydrogen-bond acceptors (Lipinski definition) is 2. The van der Waals surface area contributed by atoms with Crippen LogP contribution in [0.25, 0.3) is 0 Å². The highest BCUT2D eigenvalue weighted by Crippen LogP contribution is 2.21. The number of rotatable bonds is 3. The van der Waals surface area contributed by atoms with Gasteiger partial charge >= 0.3 is 0 Å². The lowest BCUT2D eigenvalue weighted by atomic mass is 10.1. The Balaban J connectivity index is 2.25. The van der Waals surface area contributed by atoms with Crippen LogP contribution in [-0.2, 0) is 6.42 Å². The highest BCUT2D eigenvalue weighted by Gasteiger charge is 2.04. The molecule has 0 heterocycles. The van der Waals surface area contributed by atoms with Crippen molar-refractivity contribution in [3.63, 3.8) is 0 Å². The van der Waals surface area contributed by atoms with Gasteiger partial charge in [0.2, 0.25) is 0 Å². The molecule has 0 unspecified atom stereocenters. The van der Waals surface area contributed by atoms with Crippen molar-refractivity contribution in [1.82, 2.24) is 0 Å². The van der Waals surface area contributed by atoms with E-state index in [0.717, 1.165) is 5.56 Å². The summed E-state index contributed by atoms with van der Waals surface area (Å²) in [7, 11) is 0. The molecule has 4 heteroatoms. The first-order valence-corrected chi connectivity index (χ1v) is 5.37. The average Bonchev–Trinajstić information content (AvgIpc) is 2.36. The third-order valence-corrected chi connectivity index (χ3v) is 2.44. The molecule has 18 heavy (non-hydrogen) atoms. The van der Waals surface area contributed by atoms with E-state index in [1.807, 2.05) is 6.07 Å². The van der Waals surface area contributed by atoms with Crippen molar-refractivity contribution in [1.29, 1.82) is 5.26 Å². The fourth-order valence-electron chi connectivity index (χ4n) is 1.56. The summed E-state index contributed by atoms with van der Waals surface area (Å²) in [5, 5.41) is 11.4. The van der Waals surface area contributed by atoms with Crippen LogP contribution in [-0.4, -0.2) is 0 Å². The molecule has 0 radical (unpaired) electrons. The van der Waals surface area contributed by atoms with Crippen LogP contribution in [0.15, 0.2) is 42.5 Å². The van der Waals surface area contributed by atoms with Crippen molar-refractivity contribution in [2.45, 2.75) is 6.42 Å². The summed E-state index contributed by atoms with van der Waals surface area (Å²) >= 11 is 0. The lowest BCUT2D eigenvalue weighted by molar-refractivity contribution is 0.627. The third-order valence-electron chi connectivity index (χ3n) is 2.44. The van der Waals surface area contributed by atoms with Gasteiger partial charge in [-0.2, -0.15) is 5.26 Å². The van der Waals surface area contributed by atoms with Gasteiger partial charge < -0.3 is 5.32 Å². The van der Waals surface area contributed by atoms with Crippen molar-refractivity contribution < 1.29 is 8.78 Å². The van der Waals surface area contributed by atoms with Crippen LogP contribution < -0.4 is 5.32 Å². The first kappa shape index (κ1) is 12.1. The van der Waals surface area contributed by atoms with Gasteiger partial charge in [-0.3, -0.25) is 0 Å². The highest BCUT2D eigenvalue weighted by molar-refractivity contribution is 5.61. The maximum absolute atomic E-state index is 13.6. The average molecular weight is 244 g/mol. The van der Waals surface area contributed by atoms with Crippen molar-refractivity contribution >= 4 is 11.4 Å². The second-order valence-electron chi connectivity index (χ2n) is 3.78. The van der Waals surface area contributed by atoms with Crippen molar-refractivity contribution in [3.8, 4) is 6.07 Å². The van der Waals surface area contributed by atoms with Gasteiger partial charge in [0.15, 0.2) is 0 Å². The minimum absolute atomic E-state index is 0.221. The van der Waals surface area contributed by atoms with E-state index in [-0.39, 0.29) is 17.9 Å². The van der Waals surface area contributed by atoms with E-state index >= 15 is 0 Å². The Kier molecular flexibility index (Phi) is 3.54. The predicted octanol–water partition coefficient (Wildman–Crippen LogP) is 3.77. The lowest BCUT2D eigenvalue weighted by Gasteiger charge is -2.08. The van der Waals surface area contributed by atoms with Crippen LogP contribution in [0.1, 0.15) is 5.56 Å². The van der Waals surface area contributed by atoms with Gasteiger partial charge in [0.1, 0.15) is 11.6 Å². The molecule has 2 rings (SSSR count). The molecule has 0 saturated heterocycles. The molecule has 0 aliphatic carbocycles. The Bertz CT molecular complexity index is 586. The minimum atomic E-state index is -0.416. The maximum Gasteiger partial charge on any atom is 0.146 e. The smallest absolute Gasteiger partial charge is 0.146 e. The fraction of sp³-hybridized carbons (Fsp3) is 0.0714. The largest absolute Gasteiger partial charge is 0.353 e. The number of benzene rings is 2. The van der Waals surface area contributed by atoms with E-state index in [4.69, 9.17) is 5.26 Å². The number of hydrogen-bond donors (Lipinski definition) is 1. The van der Waals surface area contributed by atoms with Gasteiger partial charge in [-0.1, -0.05) is 6.07 Å². The van der Waals surface area contributed by atoms with Crippen molar-refractivity contribution in [2.75, 3.05) is 5.32 Å². The maximum atomic E-state index is 13.6. The van der Waals surface area contributed by atoms with E-state index in [2.05, 4.69) is 5.32 Å². The molecule has 1 N–H and O–H groups in total. The number of nitriles is 1. The molecule has 0 fully saturated rings. The fourth-order valence-corrected chi connectivity index (χ4v) is 1.56. The van der Waals surface area contributed by atoms with Gasteiger partial charge in [-0.15, -0.1) is 0 Å². The molecule has 2 aromatic rings. The quantitative estimate of drug-likeness (QED) is 0.891. The number of nitrogens with one attached hydrogen (secondary N) is 1. The van der Waals surface area contributed by atoms with E-state index in [1.54, 1.807) is 12.1 Å². The molecule has 2 aromatic carbocycles. The molecule has 0 aliphatic heterocycles. The number of anilines is 2. The number of nitrogens with zero attached hydrogens (tertiary/aromatic N) is 1. The van der Waals surface area contributed by atoms with Crippen LogP contribution >= 0.6 is 0 Å². The normalized spacial score (nSPS) is 9.83. The summed E-state index contributed by atoms with van der Waals surface area (Å²) < 4.78 is 26.3. The number of halogens is 2. The topological polar surface area (TPSA) is 35.8 Å². The highest BCUT2D eigenvalue weighted by atomic mass is 19.1. The van der Waals surface area contributed by atoms with E-state index in [1.165, 1.54) is 30.3 Å². The first-order chi connectivity index (χ1) is 8.69. The zero-order chi connectivity index (χ0) is 13.0. The predicted molar refractivity (Wildman–Crippen MR) is 65.4 cm³/mol. The summed E-state index contributed by atoms with van der Waals surface area (Å²) in [6.45, 7) is 0. The van der Waals surface area contributed by atoms with Crippen LogP contribution in [0.3, 0.4) is 0 Å². The van der Waals surface area contributed by atoms with Gasteiger partial charge in [-0.05, 0) is 42.0 Å². The van der Waals surface area contributed by atoms with Gasteiger partial charge in [0.25, 0.3) is 0 Å². The van der Waals surface area contributed by atoms with Crippen molar-refractivity contribution in [3.05, 3.63) is 59.7 Å². The monoisotopic (exact) mass is 244 g/mol. The van der Waals surface area contributed by atoms with Gasteiger partial charge in [0, 0.05) is 5.69 Å². The molecule has 0 bridgehead atoms. The Morgan fingerprint density at radius 3 is 2.44 bits per heavy atom. The van der Waals surface area contributed by atoms with E-state index in [0.29, 0.717) is 5.69 Å². The lowest BCUT2D eigenvalue weighted by Crippen LogP contribution is -1.95.